The van der Waals surface area contributed by atoms with Crippen molar-refractivity contribution in [2.75, 3.05) is 52.4 Å². The second kappa shape index (κ2) is 12.5. The Hall–Kier alpha value is -4.02. The fraction of sp³-hybridized carbons (Fsp3) is 0.375. The van der Waals surface area contributed by atoms with Gasteiger partial charge in [-0.05, 0) is 74.0 Å². The summed E-state index contributed by atoms with van der Waals surface area (Å²) in [5.74, 6) is -0.332. The van der Waals surface area contributed by atoms with Gasteiger partial charge in [-0.2, -0.15) is 0 Å². The summed E-state index contributed by atoms with van der Waals surface area (Å²) in [4.78, 5) is 30.1. The highest BCUT2D eigenvalue weighted by Crippen LogP contribution is 2.33. The summed E-state index contributed by atoms with van der Waals surface area (Å²) >= 11 is 0. The highest BCUT2D eigenvalue weighted by molar-refractivity contribution is 5.97. The van der Waals surface area contributed by atoms with Crippen LogP contribution in [0, 0.1) is 11.6 Å². The van der Waals surface area contributed by atoms with E-state index in [0.717, 1.165) is 43.6 Å². The molecule has 6 rings (SSSR count). The largest absolute Gasteiger partial charge is 0.489 e. The van der Waals surface area contributed by atoms with Gasteiger partial charge in [-0.25, -0.2) is 8.78 Å². The first-order chi connectivity index (χ1) is 20.4. The number of piperazine rings is 1. The van der Waals surface area contributed by atoms with Gasteiger partial charge in [0.1, 0.15) is 35.3 Å². The lowest BCUT2D eigenvalue weighted by atomic mass is 10.0. The molecule has 0 aromatic heterocycles. The second-order valence-corrected chi connectivity index (χ2v) is 10.9. The minimum Gasteiger partial charge on any atom is -0.489 e. The van der Waals surface area contributed by atoms with E-state index >= 15 is 0 Å². The van der Waals surface area contributed by atoms with Crippen molar-refractivity contribution < 1.29 is 27.8 Å². The molecule has 0 saturated carbocycles. The summed E-state index contributed by atoms with van der Waals surface area (Å²) in [5, 5.41) is 6.49. The van der Waals surface area contributed by atoms with Crippen LogP contribution < -0.4 is 20.1 Å². The minimum absolute atomic E-state index is 0.0248. The van der Waals surface area contributed by atoms with Crippen LogP contribution in [0.1, 0.15) is 33.6 Å². The van der Waals surface area contributed by atoms with E-state index in [0.29, 0.717) is 49.8 Å². The van der Waals surface area contributed by atoms with Crippen molar-refractivity contribution in [3.05, 3.63) is 83.4 Å². The van der Waals surface area contributed by atoms with E-state index in [9.17, 15) is 18.4 Å². The van der Waals surface area contributed by atoms with Gasteiger partial charge in [0.2, 0.25) is 0 Å². The molecular formula is C32H34F2N4O4. The quantitative estimate of drug-likeness (QED) is 0.447. The lowest BCUT2D eigenvalue weighted by Gasteiger charge is -2.35. The fourth-order valence-electron chi connectivity index (χ4n) is 5.68. The molecule has 220 valence electrons. The second-order valence-electron chi connectivity index (χ2n) is 10.9. The molecule has 0 spiro atoms. The van der Waals surface area contributed by atoms with Gasteiger partial charge in [-0.1, -0.05) is 12.1 Å². The predicted octanol–water partition coefficient (Wildman–Crippen LogP) is 3.71. The topological polar surface area (TPSA) is 83.1 Å². The van der Waals surface area contributed by atoms with E-state index in [1.54, 1.807) is 46.2 Å². The third-order valence-electron chi connectivity index (χ3n) is 7.98. The van der Waals surface area contributed by atoms with Gasteiger partial charge in [0.25, 0.3) is 11.8 Å². The first-order valence-corrected chi connectivity index (χ1v) is 14.5. The first-order valence-electron chi connectivity index (χ1n) is 14.5. The zero-order chi connectivity index (χ0) is 29.1. The van der Waals surface area contributed by atoms with Crippen molar-refractivity contribution in [2.45, 2.75) is 25.0 Å². The smallest absolute Gasteiger partial charge is 0.254 e. The Morgan fingerprint density at radius 1 is 0.690 bits per heavy atom. The summed E-state index contributed by atoms with van der Waals surface area (Å²) in [7, 11) is 0. The SMILES string of the molecule is O=C(c1cc(F)cc(O[C@H]2CCNC2)c1)N1CCN(C(=O)c2ccc(O[C@H]3CCNC3)c(-c3ccc(F)cc3)c2)CC1. The summed E-state index contributed by atoms with van der Waals surface area (Å²) < 4.78 is 40.1. The lowest BCUT2D eigenvalue weighted by molar-refractivity contribution is 0.0535. The van der Waals surface area contributed by atoms with Gasteiger partial charge in [-0.3, -0.25) is 9.59 Å². The van der Waals surface area contributed by atoms with E-state index in [1.165, 1.54) is 24.3 Å². The molecule has 3 saturated heterocycles. The van der Waals surface area contributed by atoms with Crippen LogP contribution in [0.25, 0.3) is 11.1 Å². The van der Waals surface area contributed by atoms with Crippen LogP contribution >= 0.6 is 0 Å². The number of hydrogen-bond donors (Lipinski definition) is 2. The predicted molar refractivity (Wildman–Crippen MR) is 154 cm³/mol. The number of hydrogen-bond acceptors (Lipinski definition) is 6. The molecule has 3 aliphatic rings. The van der Waals surface area contributed by atoms with Crippen LogP contribution in [0.15, 0.2) is 60.7 Å². The molecule has 3 heterocycles. The Morgan fingerprint density at radius 2 is 1.31 bits per heavy atom. The Bertz CT molecular complexity index is 1430. The van der Waals surface area contributed by atoms with Crippen LogP contribution in [0.2, 0.25) is 0 Å². The number of ether oxygens (including phenoxy) is 2. The Balaban J connectivity index is 1.13. The molecule has 3 aliphatic heterocycles. The number of nitrogens with one attached hydrogen (secondary N) is 2. The van der Waals surface area contributed by atoms with Gasteiger partial charge in [0.15, 0.2) is 0 Å². The van der Waals surface area contributed by atoms with Gasteiger partial charge >= 0.3 is 0 Å². The van der Waals surface area contributed by atoms with Crippen molar-refractivity contribution >= 4 is 11.8 Å². The van der Waals surface area contributed by atoms with E-state index in [4.69, 9.17) is 9.47 Å². The number of rotatable bonds is 7. The molecule has 2 amide bonds. The average molecular weight is 577 g/mol. The van der Waals surface area contributed by atoms with Crippen LogP contribution in [0.5, 0.6) is 11.5 Å². The molecule has 0 bridgehead atoms. The molecule has 3 aromatic carbocycles. The van der Waals surface area contributed by atoms with Crippen LogP contribution in [-0.2, 0) is 0 Å². The Labute approximate surface area is 243 Å². The van der Waals surface area contributed by atoms with Crippen LogP contribution in [-0.4, -0.2) is 86.2 Å². The summed E-state index contributed by atoms with van der Waals surface area (Å²) in [5.41, 5.74) is 2.19. The molecule has 0 aliphatic carbocycles. The number of carbonyl (C=O) groups excluding carboxylic acids is 2. The molecule has 8 nitrogen and oxygen atoms in total. The minimum atomic E-state index is -0.524. The first kappa shape index (κ1) is 28.1. The molecule has 2 N–H and O–H groups in total. The number of halogens is 2. The maximum absolute atomic E-state index is 14.4. The van der Waals surface area contributed by atoms with Crippen molar-refractivity contribution in [3.63, 3.8) is 0 Å². The van der Waals surface area contributed by atoms with Crippen molar-refractivity contribution in [3.8, 4) is 22.6 Å². The average Bonchev–Trinajstić information content (AvgIpc) is 3.72. The summed E-state index contributed by atoms with van der Waals surface area (Å²) in [6.45, 7) is 4.49. The molecule has 2 atom stereocenters. The Morgan fingerprint density at radius 3 is 1.93 bits per heavy atom. The molecule has 3 aromatic rings. The summed E-state index contributed by atoms with van der Waals surface area (Å²) in [6, 6.07) is 15.6. The molecule has 0 unspecified atom stereocenters. The molecule has 42 heavy (non-hydrogen) atoms. The number of benzene rings is 3. The standard InChI is InChI=1S/C32H34F2N4O4/c33-24-4-1-21(2-5-24)29-17-22(3-6-30(29)42-27-8-10-36-20-27)31(39)37-11-13-38(14-12-37)32(40)23-15-25(34)18-28(16-23)41-26-7-9-35-19-26/h1-6,15-18,26-27,35-36H,7-14,19-20H2/t26-,27-/m0/s1. The highest BCUT2D eigenvalue weighted by Gasteiger charge is 2.28. The summed E-state index contributed by atoms with van der Waals surface area (Å²) in [6.07, 6.45) is 1.69. The van der Waals surface area contributed by atoms with E-state index in [-0.39, 0.29) is 35.4 Å². The van der Waals surface area contributed by atoms with Gasteiger partial charge < -0.3 is 29.9 Å². The normalized spacial score (nSPS) is 20.5. The van der Waals surface area contributed by atoms with Crippen LogP contribution in [0.4, 0.5) is 8.78 Å². The lowest BCUT2D eigenvalue weighted by Crippen LogP contribution is -2.50. The number of nitrogens with zero attached hydrogens (tertiary/aromatic N) is 2. The van der Waals surface area contributed by atoms with Gasteiger partial charge in [0, 0.05) is 62.0 Å². The molecule has 3 fully saturated rings. The third-order valence-corrected chi connectivity index (χ3v) is 7.98. The van der Waals surface area contributed by atoms with Crippen molar-refractivity contribution in [1.29, 1.82) is 0 Å². The Kier molecular flexibility index (Phi) is 8.34. The molecule has 10 heteroatoms. The van der Waals surface area contributed by atoms with Gasteiger partial charge in [-0.15, -0.1) is 0 Å². The zero-order valence-corrected chi connectivity index (χ0v) is 23.3. The van der Waals surface area contributed by atoms with Crippen LogP contribution in [0.3, 0.4) is 0 Å². The van der Waals surface area contributed by atoms with E-state index < -0.39 is 5.82 Å². The third kappa shape index (κ3) is 6.39. The van der Waals surface area contributed by atoms with E-state index in [2.05, 4.69) is 10.6 Å². The molecular weight excluding hydrogens is 542 g/mol. The number of carbonyl (C=O) groups is 2. The van der Waals surface area contributed by atoms with Crippen molar-refractivity contribution in [1.82, 2.24) is 20.4 Å². The number of amides is 2. The maximum Gasteiger partial charge on any atom is 0.254 e. The zero-order valence-electron chi connectivity index (χ0n) is 23.3. The van der Waals surface area contributed by atoms with Gasteiger partial charge in [0.05, 0.1) is 0 Å². The molecule has 0 radical (unpaired) electrons. The fourth-order valence-corrected chi connectivity index (χ4v) is 5.68. The highest BCUT2D eigenvalue weighted by atomic mass is 19.1. The maximum atomic E-state index is 14.4. The van der Waals surface area contributed by atoms with Crippen molar-refractivity contribution in [2.24, 2.45) is 0 Å². The van der Waals surface area contributed by atoms with E-state index in [1.807, 2.05) is 0 Å². The monoisotopic (exact) mass is 576 g/mol.